The van der Waals surface area contributed by atoms with Crippen LogP contribution in [0.4, 0.5) is 11.4 Å². The summed E-state index contributed by atoms with van der Waals surface area (Å²) in [5.41, 5.74) is 2.57. The molecule has 1 heterocycles. The van der Waals surface area contributed by atoms with Crippen LogP contribution in [0, 0.1) is 10.1 Å². The van der Waals surface area contributed by atoms with Gasteiger partial charge in [-0.15, -0.1) is 0 Å². The molecule has 170 valence electrons. The molecule has 0 atom stereocenters. The van der Waals surface area contributed by atoms with Crippen LogP contribution in [0.1, 0.15) is 18.4 Å². The van der Waals surface area contributed by atoms with Crippen molar-refractivity contribution in [1.29, 1.82) is 0 Å². The molecule has 9 nitrogen and oxygen atoms in total. The van der Waals surface area contributed by atoms with Crippen LogP contribution in [-0.2, 0) is 16.1 Å². The smallest absolute Gasteiger partial charge is 0.328 e. The molecular weight excluding hydrogens is 414 g/mol. The maximum absolute atomic E-state index is 10.7. The van der Waals surface area contributed by atoms with Gasteiger partial charge in [-0.2, -0.15) is 0 Å². The Kier molecular flexibility index (Phi) is 9.37. The number of carbonyl (C=O) groups is 2. The zero-order valence-electron chi connectivity index (χ0n) is 17.8. The minimum Gasteiger partial charge on any atom is -0.478 e. The second-order valence-corrected chi connectivity index (χ2v) is 7.40. The van der Waals surface area contributed by atoms with Gasteiger partial charge in [0.2, 0.25) is 0 Å². The van der Waals surface area contributed by atoms with Crippen molar-refractivity contribution in [1.82, 2.24) is 4.90 Å². The van der Waals surface area contributed by atoms with Gasteiger partial charge in [0, 0.05) is 55.6 Å². The van der Waals surface area contributed by atoms with E-state index in [-0.39, 0.29) is 10.6 Å². The molecule has 0 radical (unpaired) electrons. The zero-order chi connectivity index (χ0) is 23.5. The van der Waals surface area contributed by atoms with Crippen LogP contribution in [0.25, 0.3) is 0 Å². The van der Waals surface area contributed by atoms with Crippen molar-refractivity contribution in [3.63, 3.8) is 0 Å². The molecule has 2 aromatic rings. The molecule has 1 aliphatic heterocycles. The number of carboxylic acids is 2. The number of rotatable bonds is 7. The van der Waals surface area contributed by atoms with Crippen molar-refractivity contribution in [3.8, 4) is 0 Å². The standard InChI is InChI=1S/C19H23N3O2.C4H4O4/c1-20(15-16-5-3-2-4-6-16)17-11-13-21(14-12-17)18-7-9-19(10-8-18)22(23)24;5-3(6)1-2-4(7)8/h2-10,17H,11-15H2,1H3;1-2H,(H,5,6)(H,7,8)/b;2-1+. The SMILES string of the molecule is CN(Cc1ccccc1)C1CCN(c2ccc([N+](=O)[O-])cc2)CC1.O=C(O)/C=C/C(=O)O. The largest absolute Gasteiger partial charge is 0.478 e. The van der Waals surface area contributed by atoms with Gasteiger partial charge in [0.25, 0.3) is 5.69 Å². The van der Waals surface area contributed by atoms with Crippen molar-refractivity contribution >= 4 is 23.3 Å². The summed E-state index contributed by atoms with van der Waals surface area (Å²) in [4.78, 5) is 34.2. The molecule has 0 unspecified atom stereocenters. The van der Waals surface area contributed by atoms with Gasteiger partial charge in [0.15, 0.2) is 0 Å². The van der Waals surface area contributed by atoms with Gasteiger partial charge in [0.05, 0.1) is 4.92 Å². The van der Waals surface area contributed by atoms with Crippen LogP contribution < -0.4 is 4.90 Å². The highest BCUT2D eigenvalue weighted by Crippen LogP contribution is 2.24. The number of hydrogen-bond donors (Lipinski definition) is 2. The molecule has 9 heteroatoms. The minimum atomic E-state index is -1.26. The van der Waals surface area contributed by atoms with Gasteiger partial charge in [-0.3, -0.25) is 15.0 Å². The van der Waals surface area contributed by atoms with Crippen LogP contribution >= 0.6 is 0 Å². The Hall–Kier alpha value is -3.72. The highest BCUT2D eigenvalue weighted by molar-refractivity contribution is 5.89. The first-order chi connectivity index (χ1) is 15.3. The molecule has 1 saturated heterocycles. The van der Waals surface area contributed by atoms with Crippen LogP contribution in [0.15, 0.2) is 66.7 Å². The first-order valence-corrected chi connectivity index (χ1v) is 10.1. The van der Waals surface area contributed by atoms with Gasteiger partial charge < -0.3 is 15.1 Å². The molecule has 0 bridgehead atoms. The fourth-order valence-corrected chi connectivity index (χ4v) is 3.49. The topological polar surface area (TPSA) is 124 Å². The molecule has 2 N–H and O–H groups in total. The Morgan fingerprint density at radius 3 is 2.03 bits per heavy atom. The normalized spacial score (nSPS) is 14.1. The Bertz CT molecular complexity index is 907. The summed E-state index contributed by atoms with van der Waals surface area (Å²) in [6.45, 7) is 2.95. The zero-order valence-corrected chi connectivity index (χ0v) is 17.8. The summed E-state index contributed by atoms with van der Waals surface area (Å²) in [5.74, 6) is -2.51. The number of anilines is 1. The van der Waals surface area contributed by atoms with Crippen LogP contribution in [0.3, 0.4) is 0 Å². The Labute approximate surface area is 186 Å². The molecule has 0 amide bonds. The first-order valence-electron chi connectivity index (χ1n) is 10.1. The second-order valence-electron chi connectivity index (χ2n) is 7.40. The molecule has 0 aliphatic carbocycles. The molecule has 1 fully saturated rings. The summed E-state index contributed by atoms with van der Waals surface area (Å²) in [6.07, 6.45) is 3.34. The third-order valence-electron chi connectivity index (χ3n) is 5.16. The number of non-ortho nitro benzene ring substituents is 1. The molecule has 0 spiro atoms. The predicted octanol–water partition coefficient (Wildman–Crippen LogP) is 3.41. The lowest BCUT2D eigenvalue weighted by atomic mass is 10.0. The lowest BCUT2D eigenvalue weighted by Gasteiger charge is -2.38. The van der Waals surface area contributed by atoms with Crippen molar-refractivity contribution in [3.05, 3.63) is 82.4 Å². The Morgan fingerprint density at radius 2 is 1.56 bits per heavy atom. The summed E-state index contributed by atoms with van der Waals surface area (Å²) >= 11 is 0. The highest BCUT2D eigenvalue weighted by atomic mass is 16.6. The molecule has 0 saturated carbocycles. The van der Waals surface area contributed by atoms with E-state index < -0.39 is 11.9 Å². The van der Waals surface area contributed by atoms with Crippen molar-refractivity contribution < 1.29 is 24.7 Å². The van der Waals surface area contributed by atoms with E-state index in [0.29, 0.717) is 18.2 Å². The average Bonchev–Trinajstić information content (AvgIpc) is 2.79. The molecular formula is C23H27N3O6. The van der Waals surface area contributed by atoms with Crippen LogP contribution in [0.2, 0.25) is 0 Å². The van der Waals surface area contributed by atoms with E-state index >= 15 is 0 Å². The van der Waals surface area contributed by atoms with E-state index in [4.69, 9.17) is 10.2 Å². The first kappa shape index (κ1) is 24.5. The van der Waals surface area contributed by atoms with Crippen molar-refractivity contribution in [2.24, 2.45) is 0 Å². The molecule has 2 aromatic carbocycles. The van der Waals surface area contributed by atoms with Gasteiger partial charge in [0.1, 0.15) is 0 Å². The average molecular weight is 441 g/mol. The van der Waals surface area contributed by atoms with Crippen LogP contribution in [-0.4, -0.2) is 58.2 Å². The minimum absolute atomic E-state index is 0.149. The number of piperidine rings is 1. The van der Waals surface area contributed by atoms with E-state index in [2.05, 4.69) is 41.1 Å². The van der Waals surface area contributed by atoms with E-state index in [1.807, 2.05) is 18.2 Å². The lowest BCUT2D eigenvalue weighted by Crippen LogP contribution is -2.43. The number of hydrogen-bond acceptors (Lipinski definition) is 6. The van der Waals surface area contributed by atoms with Gasteiger partial charge >= 0.3 is 11.9 Å². The van der Waals surface area contributed by atoms with Crippen LogP contribution in [0.5, 0.6) is 0 Å². The molecule has 3 rings (SSSR count). The number of carboxylic acid groups (broad SMARTS) is 2. The maximum atomic E-state index is 10.7. The monoisotopic (exact) mass is 441 g/mol. The quantitative estimate of drug-likeness (QED) is 0.381. The number of benzene rings is 2. The summed E-state index contributed by atoms with van der Waals surface area (Å²) in [5, 5.41) is 26.4. The van der Waals surface area contributed by atoms with E-state index in [0.717, 1.165) is 38.2 Å². The highest BCUT2D eigenvalue weighted by Gasteiger charge is 2.23. The third-order valence-corrected chi connectivity index (χ3v) is 5.16. The fourth-order valence-electron chi connectivity index (χ4n) is 3.49. The number of nitro benzene ring substituents is 1. The van der Waals surface area contributed by atoms with Gasteiger partial charge in [-0.05, 0) is 37.6 Å². The summed E-state index contributed by atoms with van der Waals surface area (Å²) in [6, 6.07) is 18.0. The van der Waals surface area contributed by atoms with E-state index in [1.165, 1.54) is 5.56 Å². The molecule has 1 aliphatic rings. The van der Waals surface area contributed by atoms with Gasteiger partial charge in [-0.1, -0.05) is 30.3 Å². The molecule has 32 heavy (non-hydrogen) atoms. The number of aliphatic carboxylic acids is 2. The number of nitro groups is 1. The summed E-state index contributed by atoms with van der Waals surface area (Å²) in [7, 11) is 2.19. The van der Waals surface area contributed by atoms with Gasteiger partial charge in [-0.25, -0.2) is 9.59 Å². The van der Waals surface area contributed by atoms with Crippen molar-refractivity contribution in [2.75, 3.05) is 25.0 Å². The second kappa shape index (κ2) is 12.2. The van der Waals surface area contributed by atoms with E-state index in [9.17, 15) is 19.7 Å². The van der Waals surface area contributed by atoms with Crippen molar-refractivity contribution in [2.45, 2.75) is 25.4 Å². The third kappa shape index (κ3) is 8.19. The number of nitrogens with zero attached hydrogens (tertiary/aromatic N) is 3. The lowest BCUT2D eigenvalue weighted by molar-refractivity contribution is -0.384. The molecule has 0 aromatic heterocycles. The Balaban J connectivity index is 0.000000390. The van der Waals surface area contributed by atoms with E-state index in [1.54, 1.807) is 12.1 Å². The maximum Gasteiger partial charge on any atom is 0.328 e. The summed E-state index contributed by atoms with van der Waals surface area (Å²) < 4.78 is 0. The fraction of sp³-hybridized carbons (Fsp3) is 0.304. The predicted molar refractivity (Wildman–Crippen MR) is 121 cm³/mol. The Morgan fingerprint density at radius 1 is 1.03 bits per heavy atom.